The van der Waals surface area contributed by atoms with Gasteiger partial charge in [0.25, 0.3) is 0 Å². The van der Waals surface area contributed by atoms with Crippen molar-refractivity contribution in [1.29, 1.82) is 0 Å². The summed E-state index contributed by atoms with van der Waals surface area (Å²) in [5.74, 6) is -1.86. The normalized spacial score (nSPS) is 35.6. The highest BCUT2D eigenvalue weighted by Gasteiger charge is 2.57. The lowest BCUT2D eigenvalue weighted by atomic mass is 9.87. The summed E-state index contributed by atoms with van der Waals surface area (Å²) >= 11 is 0. The van der Waals surface area contributed by atoms with Gasteiger partial charge < -0.3 is 14.2 Å². The third-order valence-electron chi connectivity index (χ3n) is 5.56. The minimum atomic E-state index is -2.46. The Balaban J connectivity index is 1.81. The Labute approximate surface area is 148 Å². The molecule has 0 spiro atoms. The topological polar surface area (TPSA) is 30.9 Å². The van der Waals surface area contributed by atoms with E-state index in [4.69, 9.17) is 14.2 Å². The number of ether oxygens (including phenoxy) is 3. The first kappa shape index (κ1) is 18.7. The predicted molar refractivity (Wildman–Crippen MR) is 90.5 cm³/mol. The molecule has 2 heterocycles. The second-order valence-corrected chi connectivity index (χ2v) is 7.58. The van der Waals surface area contributed by atoms with E-state index in [9.17, 15) is 8.78 Å². The third kappa shape index (κ3) is 3.58. The molecule has 25 heavy (non-hydrogen) atoms. The molecule has 0 amide bonds. The number of likely N-dealkylation sites (tertiary alicyclic amines) is 1. The zero-order chi connectivity index (χ0) is 18.2. The second kappa shape index (κ2) is 6.91. The molecule has 0 bridgehead atoms. The molecule has 0 aromatic heterocycles. The summed E-state index contributed by atoms with van der Waals surface area (Å²) < 4.78 is 45.3. The van der Waals surface area contributed by atoms with E-state index in [0.29, 0.717) is 13.1 Å². The largest absolute Gasteiger partial charge is 0.363 e. The zero-order valence-corrected chi connectivity index (χ0v) is 15.2. The fourth-order valence-electron chi connectivity index (χ4n) is 3.74. The van der Waals surface area contributed by atoms with Crippen LogP contribution in [0.2, 0.25) is 0 Å². The number of nitrogens with zero attached hydrogens (tertiary/aromatic N) is 1. The lowest BCUT2D eigenvalue weighted by molar-refractivity contribution is -0.397. The van der Waals surface area contributed by atoms with Crippen LogP contribution in [0.5, 0.6) is 0 Å². The van der Waals surface area contributed by atoms with Gasteiger partial charge in [-0.3, -0.25) is 4.90 Å². The zero-order valence-electron chi connectivity index (χ0n) is 15.2. The summed E-state index contributed by atoms with van der Waals surface area (Å²) in [6, 6.07) is 9.87. The predicted octanol–water partition coefficient (Wildman–Crippen LogP) is 3.31. The molecule has 1 aromatic rings. The van der Waals surface area contributed by atoms with Gasteiger partial charge in [-0.1, -0.05) is 30.3 Å². The van der Waals surface area contributed by atoms with Crippen LogP contribution in [0.25, 0.3) is 0 Å². The molecule has 140 valence electrons. The second-order valence-electron chi connectivity index (χ2n) is 7.58. The monoisotopic (exact) mass is 355 g/mol. The van der Waals surface area contributed by atoms with Gasteiger partial charge in [0, 0.05) is 26.7 Å². The molecule has 6 heteroatoms. The fourth-order valence-corrected chi connectivity index (χ4v) is 3.74. The molecule has 2 aliphatic heterocycles. The minimum Gasteiger partial charge on any atom is -0.363 e. The van der Waals surface area contributed by atoms with Crippen molar-refractivity contribution in [2.45, 2.75) is 57.3 Å². The van der Waals surface area contributed by atoms with Gasteiger partial charge in [-0.15, -0.1) is 0 Å². The van der Waals surface area contributed by atoms with Crippen molar-refractivity contribution in [1.82, 2.24) is 4.90 Å². The molecule has 4 atom stereocenters. The van der Waals surface area contributed by atoms with Crippen LogP contribution in [0.4, 0.5) is 8.78 Å². The Hall–Kier alpha value is -1.08. The van der Waals surface area contributed by atoms with Crippen molar-refractivity contribution in [2.75, 3.05) is 20.2 Å². The van der Waals surface area contributed by atoms with Crippen LogP contribution in [0.15, 0.2) is 30.3 Å². The highest BCUT2D eigenvalue weighted by Crippen LogP contribution is 2.43. The summed E-state index contributed by atoms with van der Waals surface area (Å²) in [7, 11) is 1.56. The van der Waals surface area contributed by atoms with Crippen molar-refractivity contribution >= 4 is 0 Å². The number of halogens is 2. The van der Waals surface area contributed by atoms with Crippen molar-refractivity contribution in [2.24, 2.45) is 5.92 Å². The van der Waals surface area contributed by atoms with Crippen LogP contribution in [0, 0.1) is 5.92 Å². The first-order chi connectivity index (χ1) is 11.8. The molecule has 2 fully saturated rings. The van der Waals surface area contributed by atoms with Crippen LogP contribution in [0.3, 0.4) is 0 Å². The SMILES string of the molecule is COC1(C)OC2CN(Cc3ccccc3)CC(C(F)F)C2OC1(C)C. The highest BCUT2D eigenvalue weighted by molar-refractivity contribution is 5.15. The number of fused-ring (bicyclic) bond motifs is 1. The molecule has 4 unspecified atom stereocenters. The van der Waals surface area contributed by atoms with Crippen LogP contribution in [-0.2, 0) is 20.8 Å². The first-order valence-corrected chi connectivity index (χ1v) is 8.71. The number of rotatable bonds is 4. The van der Waals surface area contributed by atoms with E-state index in [0.717, 1.165) is 5.56 Å². The van der Waals surface area contributed by atoms with Crippen molar-refractivity contribution in [3.05, 3.63) is 35.9 Å². The summed E-state index contributed by atoms with van der Waals surface area (Å²) in [4.78, 5) is 2.02. The van der Waals surface area contributed by atoms with Gasteiger partial charge in [0.05, 0.1) is 12.0 Å². The molecular formula is C19H27F2NO3. The van der Waals surface area contributed by atoms with Gasteiger partial charge in [0.15, 0.2) is 5.79 Å². The highest BCUT2D eigenvalue weighted by atomic mass is 19.3. The van der Waals surface area contributed by atoms with Crippen molar-refractivity contribution in [3.63, 3.8) is 0 Å². The van der Waals surface area contributed by atoms with Gasteiger partial charge >= 0.3 is 0 Å². The first-order valence-electron chi connectivity index (χ1n) is 8.71. The molecule has 2 aliphatic rings. The lowest BCUT2D eigenvalue weighted by Gasteiger charge is -2.56. The number of alkyl halides is 2. The maximum absolute atomic E-state index is 13.7. The molecule has 1 aromatic carbocycles. The summed E-state index contributed by atoms with van der Waals surface area (Å²) in [5, 5.41) is 0. The van der Waals surface area contributed by atoms with Crippen LogP contribution in [-0.4, -0.2) is 55.1 Å². The molecule has 4 nitrogen and oxygen atoms in total. The van der Waals surface area contributed by atoms with Gasteiger partial charge in [0.1, 0.15) is 11.7 Å². The van der Waals surface area contributed by atoms with E-state index in [2.05, 4.69) is 0 Å². The van der Waals surface area contributed by atoms with E-state index >= 15 is 0 Å². The molecule has 0 N–H and O–H groups in total. The number of methoxy groups -OCH3 is 1. The van der Waals surface area contributed by atoms with Gasteiger partial charge in [-0.25, -0.2) is 8.78 Å². The molecule has 3 rings (SSSR count). The fraction of sp³-hybridized carbons (Fsp3) is 0.684. The summed E-state index contributed by atoms with van der Waals surface area (Å²) in [5.41, 5.74) is 0.290. The minimum absolute atomic E-state index is 0.289. The third-order valence-corrected chi connectivity index (χ3v) is 5.56. The Morgan fingerprint density at radius 2 is 1.84 bits per heavy atom. The summed E-state index contributed by atoms with van der Waals surface area (Å²) in [6.45, 7) is 6.90. The van der Waals surface area contributed by atoms with Gasteiger partial charge in [0.2, 0.25) is 6.43 Å². The Kier molecular flexibility index (Phi) is 5.17. The van der Waals surface area contributed by atoms with E-state index in [-0.39, 0.29) is 6.54 Å². The van der Waals surface area contributed by atoms with E-state index < -0.39 is 35.9 Å². The van der Waals surface area contributed by atoms with E-state index in [1.54, 1.807) is 14.0 Å². The van der Waals surface area contributed by atoms with Crippen molar-refractivity contribution < 1.29 is 23.0 Å². The number of hydrogen-bond donors (Lipinski definition) is 0. The standard InChI is InChI=1S/C19H27F2NO3/c1-18(2)19(3,23-4)24-15-12-22(10-13-8-6-5-7-9-13)11-14(17(20)21)16(15)25-18/h5-9,14-17H,10-12H2,1-4H3. The van der Waals surface area contributed by atoms with Crippen LogP contribution in [0.1, 0.15) is 26.3 Å². The quantitative estimate of drug-likeness (QED) is 0.829. The average molecular weight is 355 g/mol. The van der Waals surface area contributed by atoms with Crippen LogP contribution >= 0.6 is 0 Å². The molecule has 2 saturated heterocycles. The smallest absolute Gasteiger partial charge is 0.245 e. The van der Waals surface area contributed by atoms with E-state index in [1.807, 2.05) is 49.1 Å². The Morgan fingerprint density at radius 1 is 1.16 bits per heavy atom. The number of piperidine rings is 1. The van der Waals surface area contributed by atoms with Gasteiger partial charge in [-0.05, 0) is 26.3 Å². The number of hydrogen-bond acceptors (Lipinski definition) is 4. The van der Waals surface area contributed by atoms with Gasteiger partial charge in [-0.2, -0.15) is 0 Å². The molecule has 0 saturated carbocycles. The summed E-state index contributed by atoms with van der Waals surface area (Å²) in [6.07, 6.45) is -3.54. The maximum atomic E-state index is 13.7. The van der Waals surface area contributed by atoms with Crippen molar-refractivity contribution in [3.8, 4) is 0 Å². The number of benzene rings is 1. The lowest BCUT2D eigenvalue weighted by Crippen LogP contribution is -2.69. The maximum Gasteiger partial charge on any atom is 0.245 e. The Bertz CT molecular complexity index is 583. The Morgan fingerprint density at radius 3 is 2.44 bits per heavy atom. The molecular weight excluding hydrogens is 328 g/mol. The molecule has 0 radical (unpaired) electrons. The molecule has 0 aliphatic carbocycles. The van der Waals surface area contributed by atoms with E-state index in [1.165, 1.54) is 0 Å². The van der Waals surface area contributed by atoms with Crippen LogP contribution < -0.4 is 0 Å². The average Bonchev–Trinajstić information content (AvgIpc) is 2.56.